The molecular weight excluding hydrogens is 381 g/mol. The lowest BCUT2D eigenvalue weighted by atomic mass is 10.2. The van der Waals surface area contributed by atoms with Crippen LogP contribution in [0.5, 0.6) is 0 Å². The highest BCUT2D eigenvalue weighted by atomic mass is 35.5. The van der Waals surface area contributed by atoms with Crippen LogP contribution in [0.15, 0.2) is 42.7 Å². The van der Waals surface area contributed by atoms with Gasteiger partial charge < -0.3 is 10.4 Å². The summed E-state index contributed by atoms with van der Waals surface area (Å²) in [5, 5.41) is 20.5. The minimum absolute atomic E-state index is 0.0875. The standard InChI is InChI=1S/C16H13Cl2N5O3/c17-11-4-2-1-3-10(11)7-22-8-12(18)15(21-22)20-14(24)9-23-13(16(25)26)5-6-19-23/h1-6,8H,7,9H2,(H,25,26)(H,20,21,24). The van der Waals surface area contributed by atoms with Gasteiger partial charge in [0, 0.05) is 17.4 Å². The normalized spacial score (nSPS) is 10.7. The monoisotopic (exact) mass is 393 g/mol. The first-order valence-electron chi connectivity index (χ1n) is 7.45. The molecule has 0 aliphatic carbocycles. The summed E-state index contributed by atoms with van der Waals surface area (Å²) in [5.74, 6) is -1.49. The number of aromatic nitrogens is 4. The molecule has 134 valence electrons. The Morgan fingerprint density at radius 3 is 2.65 bits per heavy atom. The Morgan fingerprint density at radius 1 is 1.15 bits per heavy atom. The van der Waals surface area contributed by atoms with Crippen molar-refractivity contribution in [2.75, 3.05) is 5.32 Å². The fourth-order valence-electron chi connectivity index (χ4n) is 2.31. The maximum Gasteiger partial charge on any atom is 0.354 e. The highest BCUT2D eigenvalue weighted by Gasteiger charge is 2.16. The maximum atomic E-state index is 12.1. The van der Waals surface area contributed by atoms with Crippen LogP contribution in [0.25, 0.3) is 0 Å². The molecular formula is C16H13Cl2N5O3. The number of carbonyl (C=O) groups excluding carboxylic acids is 1. The van der Waals surface area contributed by atoms with E-state index in [1.807, 2.05) is 18.2 Å². The molecule has 0 aliphatic heterocycles. The Morgan fingerprint density at radius 2 is 1.92 bits per heavy atom. The van der Waals surface area contributed by atoms with E-state index in [0.717, 1.165) is 10.2 Å². The first kappa shape index (κ1) is 18.0. The Balaban J connectivity index is 1.69. The van der Waals surface area contributed by atoms with Gasteiger partial charge in [-0.25, -0.2) is 9.48 Å². The van der Waals surface area contributed by atoms with E-state index in [1.54, 1.807) is 16.9 Å². The number of carboxylic acid groups (broad SMARTS) is 1. The third-order valence-corrected chi connectivity index (χ3v) is 4.14. The number of anilines is 1. The molecule has 2 N–H and O–H groups in total. The molecule has 1 aromatic carbocycles. The summed E-state index contributed by atoms with van der Waals surface area (Å²) in [6.45, 7) is 0.111. The quantitative estimate of drug-likeness (QED) is 0.670. The largest absolute Gasteiger partial charge is 0.477 e. The lowest BCUT2D eigenvalue weighted by Crippen LogP contribution is -2.22. The molecule has 0 radical (unpaired) electrons. The molecule has 0 spiro atoms. The molecule has 0 aliphatic rings. The van der Waals surface area contributed by atoms with Crippen molar-refractivity contribution in [3.8, 4) is 0 Å². The van der Waals surface area contributed by atoms with Gasteiger partial charge in [-0.3, -0.25) is 9.48 Å². The molecule has 0 fully saturated rings. The second-order valence-corrected chi connectivity index (χ2v) is 6.16. The molecule has 2 heterocycles. The van der Waals surface area contributed by atoms with Crippen LogP contribution >= 0.6 is 23.2 Å². The van der Waals surface area contributed by atoms with Gasteiger partial charge in [0.1, 0.15) is 17.3 Å². The fraction of sp³-hybridized carbons (Fsp3) is 0.125. The SMILES string of the molecule is O=C(Cn1nccc1C(=O)O)Nc1nn(Cc2ccccc2Cl)cc1Cl. The molecule has 2 aromatic heterocycles. The summed E-state index contributed by atoms with van der Waals surface area (Å²) in [4.78, 5) is 23.2. The molecule has 10 heteroatoms. The van der Waals surface area contributed by atoms with Gasteiger partial charge in [0.2, 0.25) is 5.91 Å². The van der Waals surface area contributed by atoms with Crippen LogP contribution in [0.3, 0.4) is 0 Å². The number of carbonyl (C=O) groups is 2. The van der Waals surface area contributed by atoms with E-state index in [9.17, 15) is 9.59 Å². The van der Waals surface area contributed by atoms with Crippen LogP contribution in [0.1, 0.15) is 16.1 Å². The zero-order valence-corrected chi connectivity index (χ0v) is 14.8. The summed E-state index contributed by atoms with van der Waals surface area (Å²) >= 11 is 12.2. The van der Waals surface area contributed by atoms with Gasteiger partial charge in [-0.05, 0) is 17.7 Å². The van der Waals surface area contributed by atoms with Crippen LogP contribution in [0, 0.1) is 0 Å². The van der Waals surface area contributed by atoms with Gasteiger partial charge in [0.15, 0.2) is 5.82 Å². The number of nitrogens with one attached hydrogen (secondary N) is 1. The van der Waals surface area contributed by atoms with Crippen molar-refractivity contribution >= 4 is 40.9 Å². The third-order valence-electron chi connectivity index (χ3n) is 3.49. The second kappa shape index (κ2) is 7.59. The predicted octanol–water partition coefficient (Wildman–Crippen LogP) is 2.77. The molecule has 3 aromatic rings. The van der Waals surface area contributed by atoms with E-state index in [4.69, 9.17) is 28.3 Å². The highest BCUT2D eigenvalue weighted by Crippen LogP contribution is 2.22. The first-order chi connectivity index (χ1) is 12.4. The van der Waals surface area contributed by atoms with E-state index >= 15 is 0 Å². The van der Waals surface area contributed by atoms with Crippen LogP contribution in [0.2, 0.25) is 10.0 Å². The fourth-order valence-corrected chi connectivity index (χ4v) is 2.71. The van der Waals surface area contributed by atoms with E-state index in [-0.39, 0.29) is 23.1 Å². The van der Waals surface area contributed by atoms with E-state index < -0.39 is 11.9 Å². The maximum absolute atomic E-state index is 12.1. The molecule has 3 rings (SSSR count). The Hall–Kier alpha value is -2.84. The van der Waals surface area contributed by atoms with E-state index in [2.05, 4.69) is 15.5 Å². The number of halogens is 2. The summed E-state index contributed by atoms with van der Waals surface area (Å²) < 4.78 is 2.63. The lowest BCUT2D eigenvalue weighted by molar-refractivity contribution is -0.116. The van der Waals surface area contributed by atoms with Crippen molar-refractivity contribution in [2.24, 2.45) is 0 Å². The summed E-state index contributed by atoms with van der Waals surface area (Å²) in [7, 11) is 0. The Labute approximate surface area is 157 Å². The number of rotatable bonds is 6. The lowest BCUT2D eigenvalue weighted by Gasteiger charge is -2.05. The Kier molecular flexibility index (Phi) is 5.24. The van der Waals surface area contributed by atoms with E-state index in [1.165, 1.54) is 12.3 Å². The molecule has 0 saturated carbocycles. The van der Waals surface area contributed by atoms with Crippen LogP contribution in [0.4, 0.5) is 5.82 Å². The van der Waals surface area contributed by atoms with Gasteiger partial charge in [0.25, 0.3) is 0 Å². The van der Waals surface area contributed by atoms with Gasteiger partial charge in [-0.15, -0.1) is 0 Å². The summed E-state index contributed by atoms with van der Waals surface area (Å²) in [6.07, 6.45) is 2.87. The van der Waals surface area contributed by atoms with Crippen LogP contribution in [-0.4, -0.2) is 36.5 Å². The molecule has 26 heavy (non-hydrogen) atoms. The smallest absolute Gasteiger partial charge is 0.354 e. The molecule has 0 atom stereocenters. The van der Waals surface area contributed by atoms with Crippen molar-refractivity contribution in [1.82, 2.24) is 19.6 Å². The van der Waals surface area contributed by atoms with Crippen molar-refractivity contribution in [2.45, 2.75) is 13.1 Å². The minimum atomic E-state index is -1.17. The van der Waals surface area contributed by atoms with Gasteiger partial charge in [0.05, 0.1) is 6.54 Å². The summed E-state index contributed by atoms with van der Waals surface area (Å²) in [5.41, 5.74) is 0.768. The number of amides is 1. The van der Waals surface area contributed by atoms with Crippen LogP contribution in [-0.2, 0) is 17.9 Å². The van der Waals surface area contributed by atoms with E-state index in [0.29, 0.717) is 11.6 Å². The minimum Gasteiger partial charge on any atom is -0.477 e. The average Bonchev–Trinajstić information content (AvgIpc) is 3.17. The zero-order chi connectivity index (χ0) is 18.7. The van der Waals surface area contributed by atoms with Crippen molar-refractivity contribution in [3.63, 3.8) is 0 Å². The van der Waals surface area contributed by atoms with Crippen molar-refractivity contribution < 1.29 is 14.7 Å². The zero-order valence-electron chi connectivity index (χ0n) is 13.3. The molecule has 0 unspecified atom stereocenters. The number of hydrogen-bond donors (Lipinski definition) is 2. The predicted molar refractivity (Wildman–Crippen MR) is 95.6 cm³/mol. The van der Waals surface area contributed by atoms with Gasteiger partial charge in [-0.1, -0.05) is 41.4 Å². The second-order valence-electron chi connectivity index (χ2n) is 5.34. The molecule has 1 amide bonds. The van der Waals surface area contributed by atoms with Gasteiger partial charge >= 0.3 is 5.97 Å². The number of aromatic carboxylic acids is 1. The number of hydrogen-bond acceptors (Lipinski definition) is 4. The van der Waals surface area contributed by atoms with Gasteiger partial charge in [-0.2, -0.15) is 10.2 Å². The average molecular weight is 394 g/mol. The number of benzene rings is 1. The van der Waals surface area contributed by atoms with Crippen molar-refractivity contribution in [3.05, 3.63) is 64.0 Å². The van der Waals surface area contributed by atoms with Crippen molar-refractivity contribution in [1.29, 1.82) is 0 Å². The molecule has 0 saturated heterocycles. The summed E-state index contributed by atoms with van der Waals surface area (Å²) in [6, 6.07) is 8.63. The first-order valence-corrected chi connectivity index (χ1v) is 8.21. The highest BCUT2D eigenvalue weighted by molar-refractivity contribution is 6.33. The van der Waals surface area contributed by atoms with Crippen LogP contribution < -0.4 is 5.32 Å². The Bertz CT molecular complexity index is 966. The number of nitrogens with zero attached hydrogens (tertiary/aromatic N) is 4. The molecule has 0 bridgehead atoms. The topological polar surface area (TPSA) is 102 Å². The number of carboxylic acids is 1. The third kappa shape index (κ3) is 4.04. The molecule has 8 nitrogen and oxygen atoms in total.